The number of hydrogen-bond donors (Lipinski definition) is 1. The molecule has 6 heteroatoms. The third-order valence-electron chi connectivity index (χ3n) is 5.33. The van der Waals surface area contributed by atoms with Crippen LogP contribution in [0.1, 0.15) is 34.5 Å². The zero-order valence-corrected chi connectivity index (χ0v) is 16.8. The van der Waals surface area contributed by atoms with Crippen LogP contribution in [-0.4, -0.2) is 36.4 Å². The molecule has 2 heterocycles. The summed E-state index contributed by atoms with van der Waals surface area (Å²) in [7, 11) is 1.64. The molecule has 0 saturated carbocycles. The molecule has 0 bridgehead atoms. The van der Waals surface area contributed by atoms with Crippen LogP contribution < -0.4 is 10.1 Å². The Bertz CT molecular complexity index is 1010. The Kier molecular flexibility index (Phi) is 5.84. The number of benzene rings is 2. The van der Waals surface area contributed by atoms with Crippen LogP contribution in [0.25, 0.3) is 0 Å². The lowest BCUT2D eigenvalue weighted by Gasteiger charge is -2.23. The molecule has 3 aromatic rings. The van der Waals surface area contributed by atoms with Crippen molar-refractivity contribution in [2.24, 2.45) is 0 Å². The fourth-order valence-corrected chi connectivity index (χ4v) is 3.86. The van der Waals surface area contributed by atoms with Gasteiger partial charge < -0.3 is 19.4 Å². The topological polar surface area (TPSA) is 71.8 Å². The van der Waals surface area contributed by atoms with Crippen LogP contribution >= 0.6 is 0 Å². The predicted molar refractivity (Wildman–Crippen MR) is 114 cm³/mol. The highest BCUT2D eigenvalue weighted by molar-refractivity contribution is 6.00. The Balaban J connectivity index is 1.50. The molecule has 0 radical (unpaired) electrons. The molecule has 1 N–H and O–H groups in total. The molecule has 1 saturated heterocycles. The number of furan rings is 1. The van der Waals surface area contributed by atoms with Crippen LogP contribution in [0.2, 0.25) is 0 Å². The quantitative estimate of drug-likeness (QED) is 0.671. The van der Waals surface area contributed by atoms with E-state index in [-0.39, 0.29) is 17.6 Å². The second kappa shape index (κ2) is 8.86. The Morgan fingerprint density at radius 2 is 1.97 bits per heavy atom. The van der Waals surface area contributed by atoms with Crippen LogP contribution in [0.3, 0.4) is 0 Å². The SMILES string of the molecule is COc1ccc(NC(=O)C2CCCN2C(=O)c2ccco2)cc1Cc1ccccc1. The van der Waals surface area contributed by atoms with Gasteiger partial charge in [0.2, 0.25) is 5.91 Å². The third kappa shape index (κ3) is 4.22. The molecular weight excluding hydrogens is 380 g/mol. The number of carbonyl (C=O) groups is 2. The van der Waals surface area contributed by atoms with Gasteiger partial charge in [-0.05, 0) is 48.7 Å². The predicted octanol–water partition coefficient (Wildman–Crippen LogP) is 4.12. The second-order valence-electron chi connectivity index (χ2n) is 7.31. The fourth-order valence-electron chi connectivity index (χ4n) is 3.86. The van der Waals surface area contributed by atoms with E-state index < -0.39 is 6.04 Å². The number of nitrogens with one attached hydrogen (secondary N) is 1. The minimum atomic E-state index is -0.512. The van der Waals surface area contributed by atoms with Crippen LogP contribution in [0.5, 0.6) is 5.75 Å². The largest absolute Gasteiger partial charge is 0.496 e. The Labute approximate surface area is 175 Å². The van der Waals surface area contributed by atoms with Crippen LogP contribution in [0, 0.1) is 0 Å². The average Bonchev–Trinajstić information content (AvgIpc) is 3.47. The van der Waals surface area contributed by atoms with Crippen LogP contribution in [-0.2, 0) is 11.2 Å². The maximum atomic E-state index is 13.0. The fraction of sp³-hybridized carbons (Fsp3) is 0.250. The highest BCUT2D eigenvalue weighted by atomic mass is 16.5. The highest BCUT2D eigenvalue weighted by Crippen LogP contribution is 2.27. The first kappa shape index (κ1) is 19.8. The van der Waals surface area contributed by atoms with Gasteiger partial charge in [-0.3, -0.25) is 9.59 Å². The summed E-state index contributed by atoms with van der Waals surface area (Å²) in [6, 6.07) is 18.5. The van der Waals surface area contributed by atoms with Gasteiger partial charge in [0.05, 0.1) is 13.4 Å². The first-order valence-electron chi connectivity index (χ1n) is 10.0. The number of rotatable bonds is 6. The number of carbonyl (C=O) groups excluding carboxylic acids is 2. The summed E-state index contributed by atoms with van der Waals surface area (Å²) < 4.78 is 10.7. The van der Waals surface area contributed by atoms with Crippen molar-refractivity contribution in [3.8, 4) is 5.75 Å². The standard InChI is InChI=1S/C24H24N2O4/c1-29-21-12-11-19(16-18(21)15-17-7-3-2-4-8-17)25-23(27)20-9-5-13-26(20)24(28)22-10-6-14-30-22/h2-4,6-8,10-12,14,16,20H,5,9,13,15H2,1H3,(H,25,27). The number of amides is 2. The van der Waals surface area contributed by atoms with Crippen LogP contribution in [0.15, 0.2) is 71.3 Å². The zero-order valence-electron chi connectivity index (χ0n) is 16.8. The summed E-state index contributed by atoms with van der Waals surface area (Å²) in [6.07, 6.45) is 3.57. The van der Waals surface area contributed by atoms with Gasteiger partial charge >= 0.3 is 0 Å². The molecule has 1 atom stereocenters. The van der Waals surface area contributed by atoms with Gasteiger partial charge in [0, 0.05) is 24.2 Å². The number of methoxy groups -OCH3 is 1. The van der Waals surface area contributed by atoms with E-state index in [0.717, 1.165) is 23.3 Å². The monoisotopic (exact) mass is 404 g/mol. The van der Waals surface area contributed by atoms with E-state index in [1.165, 1.54) is 6.26 Å². The number of anilines is 1. The van der Waals surface area contributed by atoms with Gasteiger partial charge in [-0.15, -0.1) is 0 Å². The molecule has 0 spiro atoms. The molecule has 2 aromatic carbocycles. The van der Waals surface area contributed by atoms with E-state index in [4.69, 9.17) is 9.15 Å². The summed E-state index contributed by atoms with van der Waals surface area (Å²) in [5.74, 6) is 0.581. The van der Waals surface area contributed by atoms with Crippen molar-refractivity contribution in [2.45, 2.75) is 25.3 Å². The van der Waals surface area contributed by atoms with Crippen molar-refractivity contribution in [1.82, 2.24) is 4.90 Å². The van der Waals surface area contributed by atoms with Gasteiger partial charge in [-0.1, -0.05) is 30.3 Å². The van der Waals surface area contributed by atoms with E-state index in [1.54, 1.807) is 24.1 Å². The molecule has 30 heavy (non-hydrogen) atoms. The van der Waals surface area contributed by atoms with E-state index in [1.807, 2.05) is 36.4 Å². The highest BCUT2D eigenvalue weighted by Gasteiger charge is 2.35. The normalized spacial score (nSPS) is 15.8. The molecule has 1 unspecified atom stereocenters. The van der Waals surface area contributed by atoms with Gasteiger partial charge in [-0.25, -0.2) is 0 Å². The Hall–Kier alpha value is -3.54. The van der Waals surface area contributed by atoms with Gasteiger partial charge in [0.1, 0.15) is 11.8 Å². The van der Waals surface area contributed by atoms with Crippen molar-refractivity contribution in [1.29, 1.82) is 0 Å². The number of hydrogen-bond acceptors (Lipinski definition) is 4. The Morgan fingerprint density at radius 3 is 2.70 bits per heavy atom. The van der Waals surface area contributed by atoms with Gasteiger partial charge in [0.15, 0.2) is 5.76 Å². The smallest absolute Gasteiger partial charge is 0.290 e. The lowest BCUT2D eigenvalue weighted by Crippen LogP contribution is -2.43. The van der Waals surface area contributed by atoms with E-state index in [9.17, 15) is 9.59 Å². The van der Waals surface area contributed by atoms with Crippen LogP contribution in [0.4, 0.5) is 5.69 Å². The molecule has 1 aromatic heterocycles. The molecule has 6 nitrogen and oxygen atoms in total. The summed E-state index contributed by atoms with van der Waals surface area (Å²) in [5.41, 5.74) is 2.82. The molecule has 2 amide bonds. The minimum absolute atomic E-state index is 0.191. The molecule has 1 aliphatic heterocycles. The molecule has 1 fully saturated rings. The Morgan fingerprint density at radius 1 is 1.13 bits per heavy atom. The van der Waals surface area contributed by atoms with Crippen molar-refractivity contribution in [3.63, 3.8) is 0 Å². The molecule has 0 aliphatic carbocycles. The van der Waals surface area contributed by atoms with Gasteiger partial charge in [0.25, 0.3) is 5.91 Å². The third-order valence-corrected chi connectivity index (χ3v) is 5.33. The number of likely N-dealkylation sites (tertiary alicyclic amines) is 1. The summed E-state index contributed by atoms with van der Waals surface area (Å²) >= 11 is 0. The molecule has 4 rings (SSSR count). The maximum Gasteiger partial charge on any atom is 0.290 e. The first-order valence-corrected chi connectivity index (χ1v) is 10.0. The maximum absolute atomic E-state index is 13.0. The minimum Gasteiger partial charge on any atom is -0.496 e. The molecular formula is C24H24N2O4. The lowest BCUT2D eigenvalue weighted by molar-refractivity contribution is -0.119. The number of ether oxygens (including phenoxy) is 1. The van der Waals surface area contributed by atoms with Crippen molar-refractivity contribution < 1.29 is 18.7 Å². The summed E-state index contributed by atoms with van der Waals surface area (Å²) in [6.45, 7) is 0.541. The van der Waals surface area contributed by atoms with E-state index in [2.05, 4.69) is 17.4 Å². The van der Waals surface area contributed by atoms with Crippen molar-refractivity contribution in [3.05, 3.63) is 83.8 Å². The zero-order chi connectivity index (χ0) is 20.9. The number of nitrogens with zero attached hydrogens (tertiary/aromatic N) is 1. The molecule has 1 aliphatic rings. The average molecular weight is 404 g/mol. The summed E-state index contributed by atoms with van der Waals surface area (Å²) in [4.78, 5) is 27.2. The molecule has 154 valence electrons. The van der Waals surface area contributed by atoms with Gasteiger partial charge in [-0.2, -0.15) is 0 Å². The van der Waals surface area contributed by atoms with E-state index in [0.29, 0.717) is 25.1 Å². The van der Waals surface area contributed by atoms with Crippen molar-refractivity contribution >= 4 is 17.5 Å². The lowest BCUT2D eigenvalue weighted by atomic mass is 10.0. The van der Waals surface area contributed by atoms with Crippen molar-refractivity contribution in [2.75, 3.05) is 19.0 Å². The van der Waals surface area contributed by atoms with E-state index >= 15 is 0 Å². The second-order valence-corrected chi connectivity index (χ2v) is 7.31. The summed E-state index contributed by atoms with van der Waals surface area (Å²) in [5, 5.41) is 2.97. The first-order chi connectivity index (χ1) is 14.7.